The summed E-state index contributed by atoms with van der Waals surface area (Å²) in [7, 11) is 0. The monoisotopic (exact) mass is 339 g/mol. The lowest BCUT2D eigenvalue weighted by Crippen LogP contribution is -2.51. The van der Waals surface area contributed by atoms with Crippen molar-refractivity contribution in [3.63, 3.8) is 0 Å². The van der Waals surface area contributed by atoms with Gasteiger partial charge in [-0.1, -0.05) is 35.0 Å². The minimum Gasteiger partial charge on any atom is -0.338 e. The summed E-state index contributed by atoms with van der Waals surface area (Å²) < 4.78 is 1.12. The summed E-state index contributed by atoms with van der Waals surface area (Å²) in [6.45, 7) is 7.27. The molecule has 4 nitrogen and oxygen atoms in total. The Morgan fingerprint density at radius 1 is 1.30 bits per heavy atom. The summed E-state index contributed by atoms with van der Waals surface area (Å²) in [6.07, 6.45) is 0.981. The molecule has 1 N–H and O–H groups in total. The summed E-state index contributed by atoms with van der Waals surface area (Å²) in [6, 6.07) is 8.48. The van der Waals surface area contributed by atoms with Crippen molar-refractivity contribution in [1.29, 1.82) is 0 Å². The van der Waals surface area contributed by atoms with Gasteiger partial charge in [-0.25, -0.2) is 4.79 Å². The van der Waals surface area contributed by atoms with E-state index in [2.05, 4.69) is 51.3 Å². The molecule has 1 aromatic rings. The molecule has 2 amide bonds. The molecule has 0 bridgehead atoms. The minimum absolute atomic E-state index is 0.0777. The molecule has 1 aliphatic rings. The number of carbonyl (C=O) groups is 1. The van der Waals surface area contributed by atoms with Gasteiger partial charge < -0.3 is 10.2 Å². The lowest BCUT2D eigenvalue weighted by Gasteiger charge is -2.34. The number of halogens is 1. The van der Waals surface area contributed by atoms with Crippen molar-refractivity contribution in [2.75, 3.05) is 32.7 Å². The second kappa shape index (κ2) is 7.64. The van der Waals surface area contributed by atoms with Gasteiger partial charge in [-0.05, 0) is 24.1 Å². The molecule has 2 rings (SSSR count). The van der Waals surface area contributed by atoms with Crippen LogP contribution in [-0.2, 0) is 6.54 Å². The summed E-state index contributed by atoms with van der Waals surface area (Å²) in [4.78, 5) is 16.2. The van der Waals surface area contributed by atoms with Crippen LogP contribution in [0.2, 0.25) is 0 Å². The molecule has 1 fully saturated rings. The topological polar surface area (TPSA) is 35.6 Å². The number of benzene rings is 1. The Kier molecular flexibility index (Phi) is 5.86. The average Bonchev–Trinajstić information content (AvgIpc) is 2.45. The Hall–Kier alpha value is -1.07. The fourth-order valence-corrected chi connectivity index (χ4v) is 2.79. The van der Waals surface area contributed by atoms with E-state index in [4.69, 9.17) is 0 Å². The molecule has 0 saturated carbocycles. The molecule has 20 heavy (non-hydrogen) atoms. The highest BCUT2D eigenvalue weighted by Gasteiger charge is 2.20. The van der Waals surface area contributed by atoms with E-state index in [1.807, 2.05) is 11.0 Å². The largest absolute Gasteiger partial charge is 0.338 e. The van der Waals surface area contributed by atoms with E-state index in [9.17, 15) is 4.79 Å². The molecular weight excluding hydrogens is 318 g/mol. The predicted octanol–water partition coefficient (Wildman–Crippen LogP) is 2.69. The minimum atomic E-state index is 0.0777. The standard InChI is InChI=1S/C15H22BrN3O/c1-2-6-17-15(20)19-9-7-18(8-10-19)12-13-4-3-5-14(16)11-13/h3-5,11H,2,6-10,12H2,1H3,(H,17,20). The maximum Gasteiger partial charge on any atom is 0.317 e. The summed E-state index contributed by atoms with van der Waals surface area (Å²) >= 11 is 3.50. The van der Waals surface area contributed by atoms with Crippen LogP contribution in [0.5, 0.6) is 0 Å². The molecule has 1 aliphatic heterocycles. The molecule has 1 aromatic carbocycles. The van der Waals surface area contributed by atoms with Gasteiger partial charge in [-0.3, -0.25) is 4.90 Å². The van der Waals surface area contributed by atoms with Crippen molar-refractivity contribution in [2.24, 2.45) is 0 Å². The van der Waals surface area contributed by atoms with Gasteiger partial charge in [0.25, 0.3) is 0 Å². The van der Waals surface area contributed by atoms with Crippen LogP contribution >= 0.6 is 15.9 Å². The Morgan fingerprint density at radius 3 is 2.70 bits per heavy atom. The van der Waals surface area contributed by atoms with Gasteiger partial charge in [-0.15, -0.1) is 0 Å². The molecule has 0 unspecified atom stereocenters. The predicted molar refractivity (Wildman–Crippen MR) is 84.7 cm³/mol. The Morgan fingerprint density at radius 2 is 2.05 bits per heavy atom. The van der Waals surface area contributed by atoms with Gasteiger partial charge in [0.2, 0.25) is 0 Å². The third kappa shape index (κ3) is 4.49. The van der Waals surface area contributed by atoms with Crippen LogP contribution in [0.25, 0.3) is 0 Å². The Balaban J connectivity index is 1.78. The third-order valence-electron chi connectivity index (χ3n) is 3.48. The molecule has 110 valence electrons. The summed E-state index contributed by atoms with van der Waals surface area (Å²) in [5, 5.41) is 2.94. The molecule has 1 saturated heterocycles. The normalized spacial score (nSPS) is 16.2. The highest BCUT2D eigenvalue weighted by atomic mass is 79.9. The van der Waals surface area contributed by atoms with Crippen molar-refractivity contribution in [2.45, 2.75) is 19.9 Å². The van der Waals surface area contributed by atoms with Gasteiger partial charge in [0, 0.05) is 43.7 Å². The maximum absolute atomic E-state index is 11.9. The number of nitrogens with zero attached hydrogens (tertiary/aromatic N) is 2. The van der Waals surface area contributed by atoms with E-state index in [0.717, 1.165) is 50.2 Å². The van der Waals surface area contributed by atoms with Crippen LogP contribution in [-0.4, -0.2) is 48.6 Å². The number of hydrogen-bond donors (Lipinski definition) is 1. The molecule has 0 radical (unpaired) electrons. The van der Waals surface area contributed by atoms with Crippen molar-refractivity contribution < 1.29 is 4.79 Å². The highest BCUT2D eigenvalue weighted by Crippen LogP contribution is 2.14. The summed E-state index contributed by atoms with van der Waals surface area (Å²) in [5.74, 6) is 0. The van der Waals surface area contributed by atoms with Crippen molar-refractivity contribution >= 4 is 22.0 Å². The van der Waals surface area contributed by atoms with Crippen molar-refractivity contribution in [3.8, 4) is 0 Å². The number of hydrogen-bond acceptors (Lipinski definition) is 2. The van der Waals surface area contributed by atoms with E-state index in [0.29, 0.717) is 0 Å². The first kappa shape index (κ1) is 15.3. The van der Waals surface area contributed by atoms with Gasteiger partial charge in [-0.2, -0.15) is 0 Å². The number of amides is 2. The van der Waals surface area contributed by atoms with Crippen LogP contribution in [0.3, 0.4) is 0 Å². The fraction of sp³-hybridized carbons (Fsp3) is 0.533. The van der Waals surface area contributed by atoms with Crippen molar-refractivity contribution in [1.82, 2.24) is 15.1 Å². The molecule has 5 heteroatoms. The highest BCUT2D eigenvalue weighted by molar-refractivity contribution is 9.10. The molecule has 0 aliphatic carbocycles. The second-order valence-electron chi connectivity index (χ2n) is 5.13. The van der Waals surface area contributed by atoms with Crippen LogP contribution in [0, 0.1) is 0 Å². The quantitative estimate of drug-likeness (QED) is 0.915. The number of urea groups is 1. The number of rotatable bonds is 4. The van der Waals surface area contributed by atoms with E-state index < -0.39 is 0 Å². The van der Waals surface area contributed by atoms with Gasteiger partial charge >= 0.3 is 6.03 Å². The second-order valence-corrected chi connectivity index (χ2v) is 6.04. The zero-order valence-corrected chi connectivity index (χ0v) is 13.5. The smallest absolute Gasteiger partial charge is 0.317 e. The lowest BCUT2D eigenvalue weighted by atomic mass is 10.2. The van der Waals surface area contributed by atoms with Crippen LogP contribution in [0.15, 0.2) is 28.7 Å². The van der Waals surface area contributed by atoms with Gasteiger partial charge in [0.05, 0.1) is 0 Å². The van der Waals surface area contributed by atoms with E-state index >= 15 is 0 Å². The number of carbonyl (C=O) groups excluding carboxylic acids is 1. The van der Waals surface area contributed by atoms with Crippen LogP contribution in [0.1, 0.15) is 18.9 Å². The van der Waals surface area contributed by atoms with E-state index in [1.165, 1.54) is 5.56 Å². The molecule has 1 heterocycles. The first-order valence-electron chi connectivity index (χ1n) is 7.18. The third-order valence-corrected chi connectivity index (χ3v) is 3.97. The fourth-order valence-electron chi connectivity index (χ4n) is 2.35. The Labute approximate surface area is 129 Å². The number of nitrogens with one attached hydrogen (secondary N) is 1. The van der Waals surface area contributed by atoms with E-state index in [1.54, 1.807) is 0 Å². The van der Waals surface area contributed by atoms with Crippen LogP contribution in [0.4, 0.5) is 4.79 Å². The van der Waals surface area contributed by atoms with Gasteiger partial charge in [0.1, 0.15) is 0 Å². The summed E-state index contributed by atoms with van der Waals surface area (Å²) in [5.41, 5.74) is 1.31. The van der Waals surface area contributed by atoms with E-state index in [-0.39, 0.29) is 6.03 Å². The average molecular weight is 340 g/mol. The first-order valence-corrected chi connectivity index (χ1v) is 7.98. The van der Waals surface area contributed by atoms with Crippen LogP contribution < -0.4 is 5.32 Å². The molecule has 0 spiro atoms. The molecule has 0 aromatic heterocycles. The maximum atomic E-state index is 11.9. The number of piperazine rings is 1. The zero-order chi connectivity index (χ0) is 14.4. The first-order chi connectivity index (χ1) is 9.69. The SMILES string of the molecule is CCCNC(=O)N1CCN(Cc2cccc(Br)c2)CC1. The van der Waals surface area contributed by atoms with Gasteiger partial charge in [0.15, 0.2) is 0 Å². The molecular formula is C15H22BrN3O. The zero-order valence-electron chi connectivity index (χ0n) is 11.9. The van der Waals surface area contributed by atoms with Crippen molar-refractivity contribution in [3.05, 3.63) is 34.3 Å². The molecule has 0 atom stereocenters. The lowest BCUT2D eigenvalue weighted by molar-refractivity contribution is 0.135. The Bertz CT molecular complexity index is 444.